The summed E-state index contributed by atoms with van der Waals surface area (Å²) in [6.45, 7) is 1.77. The number of hydrogen-bond acceptors (Lipinski definition) is 5. The van der Waals surface area contributed by atoms with Crippen LogP contribution < -0.4 is 5.73 Å². The lowest BCUT2D eigenvalue weighted by atomic mass is 10.2. The van der Waals surface area contributed by atoms with Crippen LogP contribution in [0, 0.1) is 6.92 Å². The average Bonchev–Trinajstić information content (AvgIpc) is 2.88. The Labute approximate surface area is 138 Å². The van der Waals surface area contributed by atoms with Crippen LogP contribution in [0.3, 0.4) is 0 Å². The van der Waals surface area contributed by atoms with Crippen LogP contribution in [0.4, 0.5) is 17.2 Å². The van der Waals surface area contributed by atoms with E-state index in [2.05, 4.69) is 15.3 Å². The summed E-state index contributed by atoms with van der Waals surface area (Å²) in [6.07, 6.45) is 0. The van der Waals surface area contributed by atoms with Crippen molar-refractivity contribution in [2.24, 2.45) is 10.2 Å². The van der Waals surface area contributed by atoms with Crippen molar-refractivity contribution in [3.8, 4) is 5.69 Å². The molecule has 0 aliphatic rings. The number of para-hydroxylation sites is 1. The van der Waals surface area contributed by atoms with Crippen LogP contribution in [0.15, 0.2) is 64.8 Å². The molecule has 0 fully saturated rings. The molecule has 0 amide bonds. The third-order valence-electron chi connectivity index (χ3n) is 3.46. The van der Waals surface area contributed by atoms with Crippen LogP contribution in [0.2, 0.25) is 0 Å². The number of aryl methyl sites for hydroxylation is 1. The van der Waals surface area contributed by atoms with Crippen LogP contribution in [0.5, 0.6) is 0 Å². The van der Waals surface area contributed by atoms with E-state index in [9.17, 15) is 9.90 Å². The zero-order valence-corrected chi connectivity index (χ0v) is 12.9. The summed E-state index contributed by atoms with van der Waals surface area (Å²) in [5, 5.41) is 21.7. The first kappa shape index (κ1) is 15.4. The highest BCUT2D eigenvalue weighted by atomic mass is 16.4. The maximum atomic E-state index is 11.2. The van der Waals surface area contributed by atoms with Gasteiger partial charge in [-0.2, -0.15) is 5.10 Å². The van der Waals surface area contributed by atoms with Crippen LogP contribution >= 0.6 is 0 Å². The molecule has 0 bridgehead atoms. The van der Waals surface area contributed by atoms with Gasteiger partial charge in [0.1, 0.15) is 5.69 Å². The summed E-state index contributed by atoms with van der Waals surface area (Å²) < 4.78 is 1.58. The Morgan fingerprint density at radius 1 is 1.08 bits per heavy atom. The Bertz CT molecular complexity index is 916. The molecule has 2 aromatic carbocycles. The SMILES string of the molecule is Cc1nn(-c2ccccc2)c(N)c1N=Nc1ccccc1C(=O)O. The van der Waals surface area contributed by atoms with E-state index in [0.717, 1.165) is 5.69 Å². The molecule has 1 heterocycles. The molecular weight excluding hydrogens is 306 g/mol. The van der Waals surface area contributed by atoms with E-state index in [1.54, 1.807) is 29.8 Å². The second kappa shape index (κ2) is 6.33. The molecule has 0 spiro atoms. The van der Waals surface area contributed by atoms with Gasteiger partial charge in [0.2, 0.25) is 0 Å². The van der Waals surface area contributed by atoms with Gasteiger partial charge in [-0.3, -0.25) is 0 Å². The number of azo groups is 1. The maximum absolute atomic E-state index is 11.2. The Hall–Kier alpha value is -3.48. The minimum absolute atomic E-state index is 0.0768. The number of benzene rings is 2. The monoisotopic (exact) mass is 321 g/mol. The minimum atomic E-state index is -1.06. The minimum Gasteiger partial charge on any atom is -0.478 e. The summed E-state index contributed by atoms with van der Waals surface area (Å²) in [5.41, 5.74) is 8.30. The molecule has 24 heavy (non-hydrogen) atoms. The number of carboxylic acid groups (broad SMARTS) is 1. The summed E-state index contributed by atoms with van der Waals surface area (Å²) in [6, 6.07) is 15.8. The lowest BCUT2D eigenvalue weighted by molar-refractivity contribution is 0.0698. The lowest BCUT2D eigenvalue weighted by Crippen LogP contribution is -2.01. The fraction of sp³-hybridized carbons (Fsp3) is 0.0588. The fourth-order valence-corrected chi connectivity index (χ4v) is 2.27. The third kappa shape index (κ3) is 2.87. The number of nitrogens with two attached hydrogens (primary N) is 1. The molecule has 7 nitrogen and oxygen atoms in total. The molecule has 0 atom stereocenters. The summed E-state index contributed by atoms with van der Waals surface area (Å²) in [4.78, 5) is 11.2. The van der Waals surface area contributed by atoms with Crippen molar-refractivity contribution < 1.29 is 9.90 Å². The third-order valence-corrected chi connectivity index (χ3v) is 3.46. The van der Waals surface area contributed by atoms with Crippen LogP contribution in [0.1, 0.15) is 16.1 Å². The number of carboxylic acids is 1. The number of aromatic carboxylic acids is 1. The van der Waals surface area contributed by atoms with Crippen LogP contribution in [-0.2, 0) is 0 Å². The average molecular weight is 321 g/mol. The predicted molar refractivity (Wildman–Crippen MR) is 90.3 cm³/mol. The summed E-state index contributed by atoms with van der Waals surface area (Å²) in [7, 11) is 0. The fourth-order valence-electron chi connectivity index (χ4n) is 2.27. The molecule has 120 valence electrons. The van der Waals surface area contributed by atoms with Gasteiger partial charge in [0, 0.05) is 0 Å². The van der Waals surface area contributed by atoms with Crippen LogP contribution in [-0.4, -0.2) is 20.9 Å². The zero-order chi connectivity index (χ0) is 17.1. The van der Waals surface area contributed by atoms with Crippen molar-refractivity contribution in [1.29, 1.82) is 0 Å². The molecular formula is C17H15N5O2. The quantitative estimate of drug-likeness (QED) is 0.711. The molecule has 0 unspecified atom stereocenters. The smallest absolute Gasteiger partial charge is 0.337 e. The van der Waals surface area contributed by atoms with Crippen molar-refractivity contribution >= 4 is 23.2 Å². The molecule has 1 aromatic heterocycles. The Morgan fingerprint density at radius 3 is 2.46 bits per heavy atom. The van der Waals surface area contributed by atoms with E-state index in [1.807, 2.05) is 30.3 Å². The summed E-state index contributed by atoms with van der Waals surface area (Å²) in [5.74, 6) is -0.718. The summed E-state index contributed by atoms with van der Waals surface area (Å²) >= 11 is 0. The highest BCUT2D eigenvalue weighted by Crippen LogP contribution is 2.31. The van der Waals surface area contributed by atoms with E-state index in [4.69, 9.17) is 5.73 Å². The highest BCUT2D eigenvalue weighted by Gasteiger charge is 2.14. The molecule has 7 heteroatoms. The normalized spacial score (nSPS) is 11.0. The lowest BCUT2D eigenvalue weighted by Gasteiger charge is -2.02. The Balaban J connectivity index is 2.00. The van der Waals surface area contributed by atoms with Gasteiger partial charge in [-0.15, -0.1) is 10.2 Å². The molecule has 3 N–H and O–H groups in total. The van der Waals surface area contributed by atoms with E-state index in [-0.39, 0.29) is 11.3 Å². The number of hydrogen-bond donors (Lipinski definition) is 2. The van der Waals surface area contributed by atoms with E-state index in [0.29, 0.717) is 17.2 Å². The largest absolute Gasteiger partial charge is 0.478 e. The molecule has 0 aliphatic heterocycles. The van der Waals surface area contributed by atoms with Gasteiger partial charge in [0.15, 0.2) is 11.5 Å². The van der Waals surface area contributed by atoms with Crippen molar-refractivity contribution in [1.82, 2.24) is 9.78 Å². The maximum Gasteiger partial charge on any atom is 0.337 e. The van der Waals surface area contributed by atoms with Gasteiger partial charge in [-0.1, -0.05) is 30.3 Å². The standard InChI is InChI=1S/C17H15N5O2/c1-11-15(16(18)22(21-11)12-7-3-2-4-8-12)20-19-14-10-6-5-9-13(14)17(23)24/h2-10H,18H2,1H3,(H,23,24). The van der Waals surface area contributed by atoms with Crippen LogP contribution in [0.25, 0.3) is 5.69 Å². The van der Waals surface area contributed by atoms with Gasteiger partial charge >= 0.3 is 5.97 Å². The van der Waals surface area contributed by atoms with Gasteiger partial charge < -0.3 is 10.8 Å². The van der Waals surface area contributed by atoms with Gasteiger partial charge in [-0.25, -0.2) is 9.48 Å². The van der Waals surface area contributed by atoms with Crippen molar-refractivity contribution in [2.45, 2.75) is 6.92 Å². The number of nitrogens with zero attached hydrogens (tertiary/aromatic N) is 4. The first-order chi connectivity index (χ1) is 11.6. The molecule has 0 radical (unpaired) electrons. The predicted octanol–water partition coefficient (Wildman–Crippen LogP) is 3.88. The highest BCUT2D eigenvalue weighted by molar-refractivity contribution is 5.93. The number of aromatic nitrogens is 2. The Morgan fingerprint density at radius 2 is 1.75 bits per heavy atom. The number of rotatable bonds is 4. The van der Waals surface area contributed by atoms with Gasteiger partial charge in [0.25, 0.3) is 0 Å². The molecule has 0 saturated heterocycles. The number of nitrogen functional groups attached to an aromatic ring is 1. The van der Waals surface area contributed by atoms with Crippen molar-refractivity contribution in [3.63, 3.8) is 0 Å². The van der Waals surface area contributed by atoms with Gasteiger partial charge in [-0.05, 0) is 31.2 Å². The molecule has 3 rings (SSSR count). The molecule has 0 saturated carbocycles. The molecule has 3 aromatic rings. The molecule has 0 aliphatic carbocycles. The topological polar surface area (TPSA) is 106 Å². The van der Waals surface area contributed by atoms with E-state index >= 15 is 0 Å². The first-order valence-electron chi connectivity index (χ1n) is 7.22. The van der Waals surface area contributed by atoms with E-state index < -0.39 is 5.97 Å². The van der Waals surface area contributed by atoms with Gasteiger partial charge in [0.05, 0.1) is 16.9 Å². The second-order valence-corrected chi connectivity index (χ2v) is 5.09. The second-order valence-electron chi connectivity index (χ2n) is 5.09. The first-order valence-corrected chi connectivity index (χ1v) is 7.22. The Kier molecular flexibility index (Phi) is 4.07. The number of anilines is 1. The van der Waals surface area contributed by atoms with Crippen molar-refractivity contribution in [2.75, 3.05) is 5.73 Å². The van der Waals surface area contributed by atoms with E-state index in [1.165, 1.54) is 6.07 Å². The zero-order valence-electron chi connectivity index (χ0n) is 12.9. The number of carbonyl (C=O) groups is 1. The van der Waals surface area contributed by atoms with Crippen molar-refractivity contribution in [3.05, 3.63) is 65.9 Å².